The summed E-state index contributed by atoms with van der Waals surface area (Å²) in [4.78, 5) is 0.0625. The first-order valence-electron chi connectivity index (χ1n) is 5.88. The van der Waals surface area contributed by atoms with Crippen LogP contribution in [0.4, 0.5) is 0 Å². The molecule has 0 atom stereocenters. The van der Waals surface area contributed by atoms with Crippen LogP contribution in [0.2, 0.25) is 0 Å². The van der Waals surface area contributed by atoms with Crippen molar-refractivity contribution in [1.82, 2.24) is 0 Å². The number of ether oxygens (including phenoxy) is 2. The van der Waals surface area contributed by atoms with Crippen molar-refractivity contribution in [3.63, 3.8) is 0 Å². The molecular formula is C14H13BrO5S. The summed E-state index contributed by atoms with van der Waals surface area (Å²) < 4.78 is 40.4. The molecule has 0 aromatic heterocycles. The number of hydrogen-bond donors (Lipinski definition) is 0. The van der Waals surface area contributed by atoms with E-state index in [4.69, 9.17) is 13.7 Å². The van der Waals surface area contributed by atoms with Crippen molar-refractivity contribution in [3.05, 3.63) is 46.9 Å². The molecule has 112 valence electrons. The summed E-state index contributed by atoms with van der Waals surface area (Å²) in [6, 6.07) is 10.7. The Bertz CT molecular complexity index is 703. The van der Waals surface area contributed by atoms with Gasteiger partial charge in [0.05, 0.1) is 14.2 Å². The van der Waals surface area contributed by atoms with Crippen LogP contribution in [-0.2, 0) is 10.1 Å². The Kier molecular flexibility index (Phi) is 4.74. The summed E-state index contributed by atoms with van der Waals surface area (Å²) in [5.41, 5.74) is 0. The average Bonchev–Trinajstić information content (AvgIpc) is 2.46. The Labute approximate surface area is 131 Å². The van der Waals surface area contributed by atoms with Gasteiger partial charge in [-0.3, -0.25) is 0 Å². The summed E-state index contributed by atoms with van der Waals surface area (Å²) in [5.74, 6) is 1.000. The van der Waals surface area contributed by atoms with Crippen LogP contribution in [0.15, 0.2) is 51.8 Å². The number of hydrogen-bond acceptors (Lipinski definition) is 5. The highest BCUT2D eigenvalue weighted by molar-refractivity contribution is 9.10. The van der Waals surface area contributed by atoms with E-state index in [2.05, 4.69) is 15.9 Å². The Hall–Kier alpha value is -1.73. The van der Waals surface area contributed by atoms with Crippen molar-refractivity contribution in [2.24, 2.45) is 0 Å². The SMILES string of the molecule is COc1cc(OC)cc(OS(=O)(=O)c2ccc(Br)cc2)c1. The van der Waals surface area contributed by atoms with Gasteiger partial charge in [0.2, 0.25) is 0 Å². The van der Waals surface area contributed by atoms with Crippen molar-refractivity contribution < 1.29 is 22.1 Å². The fourth-order valence-corrected chi connectivity index (χ4v) is 2.79. The van der Waals surface area contributed by atoms with E-state index in [1.54, 1.807) is 18.2 Å². The molecule has 0 unspecified atom stereocenters. The van der Waals surface area contributed by atoms with Crippen LogP contribution < -0.4 is 13.7 Å². The van der Waals surface area contributed by atoms with Crippen LogP contribution in [0.5, 0.6) is 17.2 Å². The average molecular weight is 373 g/mol. The van der Waals surface area contributed by atoms with Crippen LogP contribution in [0, 0.1) is 0 Å². The fraction of sp³-hybridized carbons (Fsp3) is 0.143. The lowest BCUT2D eigenvalue weighted by molar-refractivity contribution is 0.390. The van der Waals surface area contributed by atoms with Crippen molar-refractivity contribution in [1.29, 1.82) is 0 Å². The molecule has 0 aliphatic heterocycles. The van der Waals surface area contributed by atoms with E-state index < -0.39 is 10.1 Å². The zero-order valence-corrected chi connectivity index (χ0v) is 13.8. The van der Waals surface area contributed by atoms with Crippen molar-refractivity contribution >= 4 is 26.0 Å². The third-order valence-corrected chi connectivity index (χ3v) is 4.42. The molecule has 0 radical (unpaired) electrons. The molecule has 0 aliphatic rings. The van der Waals surface area contributed by atoms with Crippen molar-refractivity contribution in [2.75, 3.05) is 14.2 Å². The van der Waals surface area contributed by atoms with Crippen LogP contribution in [0.3, 0.4) is 0 Å². The molecule has 0 saturated carbocycles. The lowest BCUT2D eigenvalue weighted by Gasteiger charge is -2.10. The van der Waals surface area contributed by atoms with Gasteiger partial charge >= 0.3 is 10.1 Å². The number of halogens is 1. The van der Waals surface area contributed by atoms with Gasteiger partial charge in [0, 0.05) is 22.7 Å². The first kappa shape index (κ1) is 15.7. The normalized spacial score (nSPS) is 11.0. The van der Waals surface area contributed by atoms with E-state index in [1.165, 1.54) is 38.5 Å². The first-order chi connectivity index (χ1) is 9.94. The van der Waals surface area contributed by atoms with Gasteiger partial charge in [0.1, 0.15) is 22.1 Å². The summed E-state index contributed by atoms with van der Waals surface area (Å²) in [6.07, 6.45) is 0. The van der Waals surface area contributed by atoms with Gasteiger partial charge in [-0.1, -0.05) is 15.9 Å². The second kappa shape index (κ2) is 6.36. The van der Waals surface area contributed by atoms with Gasteiger partial charge in [-0.2, -0.15) is 8.42 Å². The maximum absolute atomic E-state index is 12.2. The zero-order chi connectivity index (χ0) is 15.5. The summed E-state index contributed by atoms with van der Waals surface area (Å²) in [7, 11) is -0.964. The van der Waals surface area contributed by atoms with Crippen molar-refractivity contribution in [2.45, 2.75) is 4.90 Å². The Balaban J connectivity index is 2.34. The van der Waals surface area contributed by atoms with Crippen LogP contribution in [-0.4, -0.2) is 22.6 Å². The molecule has 5 nitrogen and oxygen atoms in total. The summed E-state index contributed by atoms with van der Waals surface area (Å²) >= 11 is 3.25. The number of methoxy groups -OCH3 is 2. The fourth-order valence-electron chi connectivity index (χ4n) is 1.61. The van der Waals surface area contributed by atoms with Gasteiger partial charge in [0.25, 0.3) is 0 Å². The van der Waals surface area contributed by atoms with E-state index >= 15 is 0 Å². The highest BCUT2D eigenvalue weighted by Crippen LogP contribution is 2.29. The van der Waals surface area contributed by atoms with Gasteiger partial charge in [-0.25, -0.2) is 0 Å². The monoisotopic (exact) mass is 372 g/mol. The highest BCUT2D eigenvalue weighted by atomic mass is 79.9. The third kappa shape index (κ3) is 3.89. The van der Waals surface area contributed by atoms with E-state index in [9.17, 15) is 8.42 Å². The minimum Gasteiger partial charge on any atom is -0.496 e. The molecule has 21 heavy (non-hydrogen) atoms. The van der Waals surface area contributed by atoms with E-state index in [-0.39, 0.29) is 10.6 Å². The van der Waals surface area contributed by atoms with Crippen LogP contribution in [0.25, 0.3) is 0 Å². The molecular weight excluding hydrogens is 360 g/mol. The van der Waals surface area contributed by atoms with Gasteiger partial charge in [0.15, 0.2) is 0 Å². The second-order valence-electron chi connectivity index (χ2n) is 4.04. The molecule has 0 fully saturated rings. The topological polar surface area (TPSA) is 61.8 Å². The molecule has 2 aromatic carbocycles. The molecule has 0 spiro atoms. The molecule has 0 amide bonds. The van der Waals surface area contributed by atoms with Crippen LogP contribution in [0.1, 0.15) is 0 Å². The maximum Gasteiger partial charge on any atom is 0.339 e. The minimum absolute atomic E-state index is 0.0625. The molecule has 0 N–H and O–H groups in total. The third-order valence-electron chi connectivity index (χ3n) is 2.63. The number of benzene rings is 2. The molecule has 0 aliphatic carbocycles. The predicted octanol–water partition coefficient (Wildman–Crippen LogP) is 3.23. The van der Waals surface area contributed by atoms with Crippen molar-refractivity contribution in [3.8, 4) is 17.2 Å². The first-order valence-corrected chi connectivity index (χ1v) is 8.08. The quantitative estimate of drug-likeness (QED) is 0.753. The summed E-state index contributed by atoms with van der Waals surface area (Å²) in [6.45, 7) is 0. The van der Waals surface area contributed by atoms with Gasteiger partial charge < -0.3 is 13.7 Å². The zero-order valence-electron chi connectivity index (χ0n) is 11.4. The largest absolute Gasteiger partial charge is 0.496 e. The molecule has 2 rings (SSSR count). The smallest absolute Gasteiger partial charge is 0.339 e. The molecule has 7 heteroatoms. The van der Waals surface area contributed by atoms with E-state index in [0.717, 1.165) is 4.47 Å². The van der Waals surface area contributed by atoms with E-state index in [1.807, 2.05) is 0 Å². The predicted molar refractivity (Wildman–Crippen MR) is 81.5 cm³/mol. The lowest BCUT2D eigenvalue weighted by Crippen LogP contribution is -2.09. The van der Waals surface area contributed by atoms with Gasteiger partial charge in [-0.05, 0) is 24.3 Å². The lowest BCUT2D eigenvalue weighted by atomic mass is 10.3. The standard InChI is InChI=1S/C14H13BrO5S/c1-18-11-7-12(19-2)9-13(8-11)20-21(16,17)14-5-3-10(15)4-6-14/h3-9H,1-2H3. The Morgan fingerprint density at radius 2 is 1.33 bits per heavy atom. The van der Waals surface area contributed by atoms with E-state index in [0.29, 0.717) is 11.5 Å². The van der Waals surface area contributed by atoms with Crippen LogP contribution >= 0.6 is 15.9 Å². The number of rotatable bonds is 5. The van der Waals surface area contributed by atoms with Gasteiger partial charge in [-0.15, -0.1) is 0 Å². The molecule has 2 aromatic rings. The highest BCUT2D eigenvalue weighted by Gasteiger charge is 2.17. The molecule has 0 bridgehead atoms. The summed E-state index contributed by atoms with van der Waals surface area (Å²) in [5, 5.41) is 0. The Morgan fingerprint density at radius 1 is 0.857 bits per heavy atom. The Morgan fingerprint density at radius 3 is 1.81 bits per heavy atom. The minimum atomic E-state index is -3.91. The second-order valence-corrected chi connectivity index (χ2v) is 6.50. The maximum atomic E-state index is 12.2. The molecule has 0 heterocycles. The molecule has 0 saturated heterocycles.